The number of H-pyrrole nitrogens is 1. The van der Waals surface area contributed by atoms with Crippen molar-refractivity contribution in [3.05, 3.63) is 45.7 Å². The van der Waals surface area contributed by atoms with Crippen molar-refractivity contribution < 1.29 is 9.59 Å². The molecule has 0 spiro atoms. The minimum atomic E-state index is -0.323. The van der Waals surface area contributed by atoms with Crippen molar-refractivity contribution in [2.75, 3.05) is 18.9 Å². The molecule has 1 aliphatic rings. The summed E-state index contributed by atoms with van der Waals surface area (Å²) in [4.78, 5) is 24.2. The summed E-state index contributed by atoms with van der Waals surface area (Å²) in [6.07, 6.45) is 0.817. The van der Waals surface area contributed by atoms with Crippen LogP contribution in [0.2, 0.25) is 5.02 Å². The number of nitrogens with one attached hydrogen (secondary N) is 4. The third kappa shape index (κ3) is 3.06. The molecule has 1 aliphatic heterocycles. The number of carbonyl (C=O) groups is 2. The highest BCUT2D eigenvalue weighted by atomic mass is 35.5. The maximum Gasteiger partial charge on any atom is 0.276 e. The van der Waals surface area contributed by atoms with E-state index in [-0.39, 0.29) is 11.8 Å². The Bertz CT molecular complexity index is 771. The van der Waals surface area contributed by atoms with Gasteiger partial charge < -0.3 is 16.0 Å². The molecule has 1 aromatic carbocycles. The zero-order chi connectivity index (χ0) is 16.4. The summed E-state index contributed by atoms with van der Waals surface area (Å²) in [6, 6.07) is 4.75. The van der Waals surface area contributed by atoms with E-state index in [1.807, 2.05) is 0 Å². The molecule has 2 aromatic rings. The van der Waals surface area contributed by atoms with Gasteiger partial charge >= 0.3 is 0 Å². The topological polar surface area (TPSA) is 98.9 Å². The number of amides is 2. The van der Waals surface area contributed by atoms with E-state index in [2.05, 4.69) is 26.1 Å². The predicted molar refractivity (Wildman–Crippen MR) is 86.8 cm³/mol. The lowest BCUT2D eigenvalue weighted by atomic mass is 10.1. The van der Waals surface area contributed by atoms with Gasteiger partial charge in [0, 0.05) is 43.5 Å². The fourth-order valence-corrected chi connectivity index (χ4v) is 2.72. The van der Waals surface area contributed by atoms with Crippen LogP contribution in [0.25, 0.3) is 0 Å². The molecule has 0 atom stereocenters. The van der Waals surface area contributed by atoms with Crippen molar-refractivity contribution in [3.8, 4) is 0 Å². The van der Waals surface area contributed by atoms with Crippen LogP contribution in [0.15, 0.2) is 18.2 Å². The second-order valence-corrected chi connectivity index (χ2v) is 5.59. The van der Waals surface area contributed by atoms with E-state index in [1.165, 1.54) is 13.1 Å². The number of nitrogens with zero attached hydrogens (tertiary/aromatic N) is 1. The molecule has 0 fully saturated rings. The van der Waals surface area contributed by atoms with Crippen LogP contribution in [0.3, 0.4) is 0 Å². The summed E-state index contributed by atoms with van der Waals surface area (Å²) in [5.74, 6) is -0.635. The fraction of sp³-hybridized carbons (Fsp3) is 0.267. The summed E-state index contributed by atoms with van der Waals surface area (Å²) in [6.45, 7) is 1.47. The number of fused-ring (bicyclic) bond motifs is 1. The standard InChI is InChI=1S/C15H16ClN5O2/c1-17-14(22)9-6-8(2-3-11(9)16)19-15(23)13-10-7-18-5-4-12(10)20-21-13/h2-3,6,18H,4-5,7H2,1H3,(H,17,22)(H,19,23)(H,20,21). The minimum absolute atomic E-state index is 0.303. The Morgan fingerprint density at radius 3 is 2.91 bits per heavy atom. The third-order valence-electron chi connectivity index (χ3n) is 3.72. The zero-order valence-electron chi connectivity index (χ0n) is 12.5. The number of hydrogen-bond donors (Lipinski definition) is 4. The molecule has 0 saturated heterocycles. The molecule has 0 bridgehead atoms. The van der Waals surface area contributed by atoms with Crippen molar-refractivity contribution in [3.63, 3.8) is 0 Å². The first-order valence-corrected chi connectivity index (χ1v) is 7.57. The summed E-state index contributed by atoms with van der Waals surface area (Å²) in [5, 5.41) is 15.8. The highest BCUT2D eigenvalue weighted by Crippen LogP contribution is 2.22. The van der Waals surface area contributed by atoms with Gasteiger partial charge in [-0.15, -0.1) is 0 Å². The molecular weight excluding hydrogens is 318 g/mol. The molecule has 1 aromatic heterocycles. The molecular formula is C15H16ClN5O2. The number of hydrogen-bond acceptors (Lipinski definition) is 4. The first-order chi connectivity index (χ1) is 11.1. The average Bonchev–Trinajstić information content (AvgIpc) is 3.00. The van der Waals surface area contributed by atoms with E-state index in [0.29, 0.717) is 28.5 Å². The van der Waals surface area contributed by atoms with Gasteiger partial charge in [-0.25, -0.2) is 0 Å². The minimum Gasteiger partial charge on any atom is -0.355 e. The van der Waals surface area contributed by atoms with Crippen LogP contribution >= 0.6 is 11.6 Å². The molecule has 0 saturated carbocycles. The van der Waals surface area contributed by atoms with Crippen molar-refractivity contribution in [1.29, 1.82) is 0 Å². The van der Waals surface area contributed by atoms with Gasteiger partial charge in [-0.05, 0) is 18.2 Å². The predicted octanol–water partition coefficient (Wildman–Crippen LogP) is 1.32. The summed E-state index contributed by atoms with van der Waals surface area (Å²) < 4.78 is 0. The Balaban J connectivity index is 1.83. The van der Waals surface area contributed by atoms with Crippen molar-refractivity contribution in [2.45, 2.75) is 13.0 Å². The van der Waals surface area contributed by atoms with E-state index in [0.717, 1.165) is 24.2 Å². The van der Waals surface area contributed by atoms with Crippen LogP contribution in [-0.4, -0.2) is 35.6 Å². The Morgan fingerprint density at radius 1 is 1.30 bits per heavy atom. The van der Waals surface area contributed by atoms with E-state index in [4.69, 9.17) is 11.6 Å². The molecule has 0 aliphatic carbocycles. The van der Waals surface area contributed by atoms with Gasteiger partial charge in [0.25, 0.3) is 11.8 Å². The Kier molecular flexibility index (Phi) is 4.31. The SMILES string of the molecule is CNC(=O)c1cc(NC(=O)c2n[nH]c3c2CNCC3)ccc1Cl. The van der Waals surface area contributed by atoms with Gasteiger partial charge in [-0.2, -0.15) is 5.10 Å². The normalized spacial score (nSPS) is 13.3. The van der Waals surface area contributed by atoms with Crippen LogP contribution in [0.1, 0.15) is 32.1 Å². The largest absolute Gasteiger partial charge is 0.355 e. The number of benzene rings is 1. The number of anilines is 1. The first kappa shape index (κ1) is 15.5. The summed E-state index contributed by atoms with van der Waals surface area (Å²) in [7, 11) is 1.52. The quantitative estimate of drug-likeness (QED) is 0.680. The smallest absolute Gasteiger partial charge is 0.276 e. The molecule has 0 radical (unpaired) electrons. The summed E-state index contributed by atoms with van der Waals surface area (Å²) >= 11 is 6.00. The lowest BCUT2D eigenvalue weighted by Gasteiger charge is -2.13. The van der Waals surface area contributed by atoms with Crippen molar-refractivity contribution >= 4 is 29.1 Å². The molecule has 3 rings (SSSR count). The second-order valence-electron chi connectivity index (χ2n) is 5.18. The van der Waals surface area contributed by atoms with E-state index in [9.17, 15) is 9.59 Å². The number of carbonyl (C=O) groups excluding carboxylic acids is 2. The lowest BCUT2D eigenvalue weighted by Crippen LogP contribution is -2.25. The highest BCUT2D eigenvalue weighted by molar-refractivity contribution is 6.34. The number of rotatable bonds is 3. The molecule has 2 amide bonds. The van der Waals surface area contributed by atoms with Crippen LogP contribution < -0.4 is 16.0 Å². The molecule has 120 valence electrons. The van der Waals surface area contributed by atoms with Crippen molar-refractivity contribution in [2.24, 2.45) is 0 Å². The molecule has 0 unspecified atom stereocenters. The third-order valence-corrected chi connectivity index (χ3v) is 4.05. The molecule has 4 N–H and O–H groups in total. The monoisotopic (exact) mass is 333 g/mol. The maximum absolute atomic E-state index is 12.4. The van der Waals surface area contributed by atoms with E-state index >= 15 is 0 Å². The first-order valence-electron chi connectivity index (χ1n) is 7.20. The van der Waals surface area contributed by atoms with Crippen LogP contribution in [-0.2, 0) is 13.0 Å². The van der Waals surface area contributed by atoms with Crippen molar-refractivity contribution in [1.82, 2.24) is 20.8 Å². The number of aromatic amines is 1. The average molecular weight is 334 g/mol. The van der Waals surface area contributed by atoms with E-state index < -0.39 is 0 Å². The van der Waals surface area contributed by atoms with Crippen LogP contribution in [0.5, 0.6) is 0 Å². The van der Waals surface area contributed by atoms with Gasteiger partial charge in [-0.3, -0.25) is 14.7 Å². The second kappa shape index (κ2) is 6.39. The molecule has 2 heterocycles. The fourth-order valence-electron chi connectivity index (χ4n) is 2.52. The highest BCUT2D eigenvalue weighted by Gasteiger charge is 2.22. The Labute approximate surface area is 137 Å². The molecule has 23 heavy (non-hydrogen) atoms. The van der Waals surface area contributed by atoms with Gasteiger partial charge in [0.15, 0.2) is 5.69 Å². The lowest BCUT2D eigenvalue weighted by molar-refractivity contribution is 0.0961. The van der Waals surface area contributed by atoms with E-state index in [1.54, 1.807) is 12.1 Å². The summed E-state index contributed by atoms with van der Waals surface area (Å²) in [5.41, 5.74) is 3.02. The zero-order valence-corrected chi connectivity index (χ0v) is 13.3. The molecule has 8 heteroatoms. The number of halogens is 1. The van der Waals surface area contributed by atoms with Gasteiger partial charge in [0.2, 0.25) is 0 Å². The molecule has 7 nitrogen and oxygen atoms in total. The van der Waals surface area contributed by atoms with Crippen LogP contribution in [0, 0.1) is 0 Å². The van der Waals surface area contributed by atoms with Crippen LogP contribution in [0.4, 0.5) is 5.69 Å². The van der Waals surface area contributed by atoms with Gasteiger partial charge in [-0.1, -0.05) is 11.6 Å². The Hall–Kier alpha value is -2.38. The number of aromatic nitrogens is 2. The Morgan fingerprint density at radius 2 is 2.13 bits per heavy atom. The maximum atomic E-state index is 12.4. The van der Waals surface area contributed by atoms with Gasteiger partial charge in [0.05, 0.1) is 10.6 Å². The van der Waals surface area contributed by atoms with Gasteiger partial charge in [0.1, 0.15) is 0 Å².